The number of hydrogen-bond acceptors (Lipinski definition) is 7. The van der Waals surface area contributed by atoms with Gasteiger partial charge in [0, 0.05) is 11.1 Å². The molecule has 2 aromatic carbocycles. The molecule has 0 bridgehead atoms. The molecule has 5 rings (SSSR count). The lowest BCUT2D eigenvalue weighted by molar-refractivity contribution is -0.125. The normalized spacial score (nSPS) is 20.2. The lowest BCUT2D eigenvalue weighted by Crippen LogP contribution is -2.53. The fourth-order valence-electron chi connectivity index (χ4n) is 5.37. The zero-order chi connectivity index (χ0) is 27.6. The number of nitrogens with one attached hydrogen (secondary N) is 1. The highest BCUT2D eigenvalue weighted by molar-refractivity contribution is 5.98. The molecule has 0 spiro atoms. The maximum Gasteiger partial charge on any atom is 0.237 e. The Labute approximate surface area is 229 Å². The number of amides is 1. The van der Waals surface area contributed by atoms with E-state index in [9.17, 15) is 4.79 Å². The van der Waals surface area contributed by atoms with Gasteiger partial charge >= 0.3 is 0 Å². The molecule has 0 unspecified atom stereocenters. The van der Waals surface area contributed by atoms with E-state index in [1.54, 1.807) is 0 Å². The van der Waals surface area contributed by atoms with Crippen molar-refractivity contribution in [1.29, 1.82) is 0 Å². The van der Waals surface area contributed by atoms with Crippen molar-refractivity contribution in [3.8, 4) is 22.8 Å². The lowest BCUT2D eigenvalue weighted by atomic mass is 9.80. The van der Waals surface area contributed by atoms with Gasteiger partial charge in [0.15, 0.2) is 5.65 Å². The molecule has 9 heteroatoms. The van der Waals surface area contributed by atoms with E-state index in [2.05, 4.69) is 36.1 Å². The van der Waals surface area contributed by atoms with Gasteiger partial charge in [-0.1, -0.05) is 32.0 Å². The van der Waals surface area contributed by atoms with Crippen LogP contribution in [0.3, 0.4) is 0 Å². The summed E-state index contributed by atoms with van der Waals surface area (Å²) in [4.78, 5) is 21.5. The van der Waals surface area contributed by atoms with E-state index in [1.807, 2.05) is 59.3 Å². The SMILES string of the molecule is CC(C)C[C@@H](N)C(=O)NC1(C)CCC(n2nc(-c3ccc(Oc4ccccc4)cc3)c3c(N)ncnc32)CC1. The highest BCUT2D eigenvalue weighted by Gasteiger charge is 2.35. The average molecular weight is 528 g/mol. The number of aromatic nitrogens is 4. The first-order chi connectivity index (χ1) is 18.7. The number of nitrogens with two attached hydrogens (primary N) is 2. The Kier molecular flexibility index (Phi) is 7.52. The first kappa shape index (κ1) is 26.6. The summed E-state index contributed by atoms with van der Waals surface area (Å²) < 4.78 is 7.94. The molecule has 1 aliphatic carbocycles. The van der Waals surface area contributed by atoms with E-state index < -0.39 is 6.04 Å². The number of carbonyl (C=O) groups excluding carboxylic acids is 1. The maximum atomic E-state index is 12.7. The fourth-order valence-corrected chi connectivity index (χ4v) is 5.37. The van der Waals surface area contributed by atoms with Crippen LogP contribution >= 0.6 is 0 Å². The quantitative estimate of drug-likeness (QED) is 0.286. The van der Waals surface area contributed by atoms with Crippen LogP contribution in [0.4, 0.5) is 5.82 Å². The van der Waals surface area contributed by atoms with Gasteiger partial charge in [-0.2, -0.15) is 5.10 Å². The van der Waals surface area contributed by atoms with Crippen molar-refractivity contribution in [2.24, 2.45) is 11.7 Å². The molecule has 1 aliphatic rings. The number of nitrogens with zero attached hydrogens (tertiary/aromatic N) is 4. The van der Waals surface area contributed by atoms with Crippen LogP contribution in [0.5, 0.6) is 11.5 Å². The number of nitrogen functional groups attached to an aromatic ring is 1. The molecule has 204 valence electrons. The van der Waals surface area contributed by atoms with Crippen molar-refractivity contribution < 1.29 is 9.53 Å². The number of hydrogen-bond donors (Lipinski definition) is 3. The zero-order valence-electron chi connectivity index (χ0n) is 22.8. The molecule has 1 amide bonds. The van der Waals surface area contributed by atoms with Crippen molar-refractivity contribution in [3.63, 3.8) is 0 Å². The topological polar surface area (TPSA) is 134 Å². The molecular formula is C30H37N7O2. The summed E-state index contributed by atoms with van der Waals surface area (Å²) in [5, 5.41) is 8.98. The fraction of sp³-hybridized carbons (Fsp3) is 0.400. The molecule has 1 atom stereocenters. The van der Waals surface area contributed by atoms with Gasteiger partial charge in [0.1, 0.15) is 29.3 Å². The number of anilines is 1. The van der Waals surface area contributed by atoms with E-state index >= 15 is 0 Å². The molecule has 4 aromatic rings. The molecule has 1 fully saturated rings. The van der Waals surface area contributed by atoms with Gasteiger partial charge in [0.2, 0.25) is 5.91 Å². The van der Waals surface area contributed by atoms with Crippen molar-refractivity contribution in [1.82, 2.24) is 25.1 Å². The highest BCUT2D eigenvalue weighted by Crippen LogP contribution is 2.39. The number of rotatable bonds is 8. The summed E-state index contributed by atoms with van der Waals surface area (Å²) in [7, 11) is 0. The molecule has 0 radical (unpaired) electrons. The van der Waals surface area contributed by atoms with E-state index in [0.29, 0.717) is 18.2 Å². The van der Waals surface area contributed by atoms with Gasteiger partial charge < -0.3 is 21.5 Å². The van der Waals surface area contributed by atoms with E-state index in [1.165, 1.54) is 6.33 Å². The Morgan fingerprint density at radius 1 is 1.08 bits per heavy atom. The van der Waals surface area contributed by atoms with Crippen LogP contribution < -0.4 is 21.5 Å². The second-order valence-electron chi connectivity index (χ2n) is 11.2. The third-order valence-electron chi connectivity index (χ3n) is 7.52. The maximum absolute atomic E-state index is 12.7. The number of para-hydroxylation sites is 1. The van der Waals surface area contributed by atoms with Gasteiger partial charge in [-0.3, -0.25) is 4.79 Å². The molecule has 0 saturated heterocycles. The second-order valence-corrected chi connectivity index (χ2v) is 11.2. The summed E-state index contributed by atoms with van der Waals surface area (Å²) in [6, 6.07) is 17.1. The van der Waals surface area contributed by atoms with Crippen molar-refractivity contribution in [2.45, 2.75) is 70.5 Å². The molecule has 2 aromatic heterocycles. The van der Waals surface area contributed by atoms with Gasteiger partial charge in [-0.25, -0.2) is 14.6 Å². The van der Waals surface area contributed by atoms with E-state index in [4.69, 9.17) is 21.3 Å². The molecule has 9 nitrogen and oxygen atoms in total. The average Bonchev–Trinajstić information content (AvgIpc) is 3.30. The minimum atomic E-state index is -0.485. The smallest absolute Gasteiger partial charge is 0.237 e. The largest absolute Gasteiger partial charge is 0.457 e. The van der Waals surface area contributed by atoms with Crippen LogP contribution in [0.1, 0.15) is 58.9 Å². The van der Waals surface area contributed by atoms with Crippen LogP contribution in [-0.2, 0) is 4.79 Å². The van der Waals surface area contributed by atoms with Crippen LogP contribution in [0.25, 0.3) is 22.3 Å². The molecule has 5 N–H and O–H groups in total. The molecular weight excluding hydrogens is 490 g/mol. The number of ether oxygens (including phenoxy) is 1. The van der Waals surface area contributed by atoms with Crippen molar-refractivity contribution in [2.75, 3.05) is 5.73 Å². The van der Waals surface area contributed by atoms with Gasteiger partial charge in [-0.15, -0.1) is 0 Å². The lowest BCUT2D eigenvalue weighted by Gasteiger charge is -2.38. The summed E-state index contributed by atoms with van der Waals surface area (Å²) in [6.45, 7) is 6.26. The van der Waals surface area contributed by atoms with Crippen LogP contribution in [0.2, 0.25) is 0 Å². The Balaban J connectivity index is 1.35. The van der Waals surface area contributed by atoms with Gasteiger partial charge in [0.25, 0.3) is 0 Å². The third-order valence-corrected chi connectivity index (χ3v) is 7.52. The molecule has 1 saturated carbocycles. The predicted molar refractivity (Wildman–Crippen MR) is 153 cm³/mol. The molecule has 0 aliphatic heterocycles. The standard InChI is InChI=1S/C30H37N7O2/c1-19(2)17-24(31)29(38)35-30(3)15-13-21(14-16-30)37-28-25(27(32)33-18-34-28)26(36-37)20-9-11-23(12-10-20)39-22-7-5-4-6-8-22/h4-12,18-19,21,24H,13-17,31H2,1-3H3,(H,35,38)(H2,32,33,34)/t21?,24-,30?/m1/s1. The number of fused-ring (bicyclic) bond motifs is 1. The Bertz CT molecular complexity index is 1430. The minimum Gasteiger partial charge on any atom is -0.457 e. The second kappa shape index (κ2) is 11.0. The molecule has 39 heavy (non-hydrogen) atoms. The number of carbonyl (C=O) groups is 1. The first-order valence-electron chi connectivity index (χ1n) is 13.6. The third kappa shape index (κ3) is 5.88. The van der Waals surface area contributed by atoms with Gasteiger partial charge in [0.05, 0.1) is 17.5 Å². The summed E-state index contributed by atoms with van der Waals surface area (Å²) >= 11 is 0. The predicted octanol–water partition coefficient (Wildman–Crippen LogP) is 5.23. The zero-order valence-corrected chi connectivity index (χ0v) is 22.8. The number of benzene rings is 2. The van der Waals surface area contributed by atoms with Crippen molar-refractivity contribution in [3.05, 3.63) is 60.9 Å². The Morgan fingerprint density at radius 2 is 1.74 bits per heavy atom. The van der Waals surface area contributed by atoms with Gasteiger partial charge in [-0.05, 0) is 81.3 Å². The van der Waals surface area contributed by atoms with Crippen LogP contribution in [-0.4, -0.2) is 37.2 Å². The van der Waals surface area contributed by atoms with Crippen molar-refractivity contribution >= 4 is 22.8 Å². The summed E-state index contributed by atoms with van der Waals surface area (Å²) in [5.74, 6) is 2.22. The monoisotopic (exact) mass is 527 g/mol. The first-order valence-corrected chi connectivity index (χ1v) is 13.6. The van der Waals surface area contributed by atoms with Crippen LogP contribution in [0.15, 0.2) is 60.9 Å². The summed E-state index contributed by atoms with van der Waals surface area (Å²) in [5.41, 5.74) is 14.6. The highest BCUT2D eigenvalue weighted by atomic mass is 16.5. The summed E-state index contributed by atoms with van der Waals surface area (Å²) in [6.07, 6.45) is 5.49. The van der Waals surface area contributed by atoms with E-state index in [-0.39, 0.29) is 17.5 Å². The Morgan fingerprint density at radius 3 is 2.41 bits per heavy atom. The molecule has 2 heterocycles. The Hall–Kier alpha value is -3.98. The van der Waals surface area contributed by atoms with Crippen LogP contribution in [0, 0.1) is 5.92 Å². The minimum absolute atomic E-state index is 0.0725. The van der Waals surface area contributed by atoms with E-state index in [0.717, 1.165) is 59.5 Å².